The van der Waals surface area contributed by atoms with E-state index in [9.17, 15) is 19.2 Å². The number of amides is 4. The third-order valence-electron chi connectivity index (χ3n) is 5.88. The quantitative estimate of drug-likeness (QED) is 0.569. The van der Waals surface area contributed by atoms with Crippen LogP contribution in [0.25, 0.3) is 0 Å². The summed E-state index contributed by atoms with van der Waals surface area (Å²) in [5.41, 5.74) is 2.52. The molecule has 160 valence electrons. The Labute approximate surface area is 175 Å². The fourth-order valence-electron chi connectivity index (χ4n) is 4.23. The van der Waals surface area contributed by atoms with Crippen LogP contribution >= 0.6 is 0 Å². The standard InChI is InChI=1S/C21H27N5O4/c27-18-5-9-25(10-8-22-6-7-23-18)12-14-1-2-15-13-26(21(30)16(15)11-14)17-3-4-19(28)24-20(17)29/h1-2,11,17,22H,3-10,12-13H2,(H,23,27)(H,24,28,29). The zero-order valence-electron chi connectivity index (χ0n) is 16.9. The second-order valence-electron chi connectivity index (χ2n) is 8.02. The molecule has 4 amide bonds. The van der Waals surface area contributed by atoms with E-state index in [1.54, 1.807) is 4.90 Å². The van der Waals surface area contributed by atoms with Gasteiger partial charge in [0.15, 0.2) is 0 Å². The molecule has 3 aliphatic rings. The molecule has 0 aromatic heterocycles. The van der Waals surface area contributed by atoms with Crippen LogP contribution in [0.4, 0.5) is 0 Å². The molecule has 1 aromatic carbocycles. The minimum atomic E-state index is -0.599. The van der Waals surface area contributed by atoms with Crippen LogP contribution < -0.4 is 16.0 Å². The van der Waals surface area contributed by atoms with Gasteiger partial charge in [-0.05, 0) is 23.6 Å². The van der Waals surface area contributed by atoms with Crippen LogP contribution in [0, 0.1) is 0 Å². The maximum atomic E-state index is 13.0. The smallest absolute Gasteiger partial charge is 0.255 e. The Balaban J connectivity index is 1.44. The highest BCUT2D eigenvalue weighted by Gasteiger charge is 2.39. The number of nitrogens with one attached hydrogen (secondary N) is 3. The number of fused-ring (bicyclic) bond motifs is 1. The molecule has 2 saturated heterocycles. The van der Waals surface area contributed by atoms with Gasteiger partial charge in [-0.15, -0.1) is 0 Å². The van der Waals surface area contributed by atoms with E-state index in [-0.39, 0.29) is 24.1 Å². The molecule has 9 heteroatoms. The van der Waals surface area contributed by atoms with E-state index in [0.717, 1.165) is 30.8 Å². The number of carbonyl (C=O) groups is 4. The third-order valence-corrected chi connectivity index (χ3v) is 5.88. The molecule has 0 aliphatic carbocycles. The fourth-order valence-corrected chi connectivity index (χ4v) is 4.23. The molecule has 3 aliphatic heterocycles. The molecule has 3 heterocycles. The molecule has 3 N–H and O–H groups in total. The highest BCUT2D eigenvalue weighted by atomic mass is 16.2. The van der Waals surface area contributed by atoms with Crippen molar-refractivity contribution in [2.45, 2.75) is 38.4 Å². The molecule has 2 fully saturated rings. The second kappa shape index (κ2) is 8.93. The summed E-state index contributed by atoms with van der Waals surface area (Å²) in [6, 6.07) is 5.25. The molecule has 30 heavy (non-hydrogen) atoms. The summed E-state index contributed by atoms with van der Waals surface area (Å²) in [4.78, 5) is 52.2. The van der Waals surface area contributed by atoms with Crippen LogP contribution in [0.3, 0.4) is 0 Å². The average molecular weight is 413 g/mol. The zero-order valence-corrected chi connectivity index (χ0v) is 16.9. The third kappa shape index (κ3) is 4.52. The number of nitrogens with zero attached hydrogens (tertiary/aromatic N) is 2. The van der Waals surface area contributed by atoms with Crippen molar-refractivity contribution in [1.29, 1.82) is 0 Å². The lowest BCUT2D eigenvalue weighted by molar-refractivity contribution is -0.137. The van der Waals surface area contributed by atoms with Gasteiger partial charge in [0.2, 0.25) is 17.7 Å². The number of piperidine rings is 1. The Bertz CT molecular complexity index is 871. The summed E-state index contributed by atoms with van der Waals surface area (Å²) in [6.45, 7) is 4.74. The SMILES string of the molecule is O=C1CCN(Cc2ccc3c(c2)C(=O)N(C2CCC(=O)NC2=O)C3)CCNCCN1. The van der Waals surface area contributed by atoms with E-state index >= 15 is 0 Å². The first-order valence-electron chi connectivity index (χ1n) is 10.5. The Morgan fingerprint density at radius 3 is 2.67 bits per heavy atom. The lowest BCUT2D eigenvalue weighted by atomic mass is 10.0. The van der Waals surface area contributed by atoms with Crippen molar-refractivity contribution in [3.63, 3.8) is 0 Å². The predicted molar refractivity (Wildman–Crippen MR) is 108 cm³/mol. The van der Waals surface area contributed by atoms with E-state index in [1.807, 2.05) is 18.2 Å². The van der Waals surface area contributed by atoms with Gasteiger partial charge in [0, 0.05) is 64.2 Å². The summed E-state index contributed by atoms with van der Waals surface area (Å²) in [6.07, 6.45) is 1.06. The number of benzene rings is 1. The number of hydrogen-bond donors (Lipinski definition) is 3. The topological polar surface area (TPSA) is 111 Å². The first-order valence-corrected chi connectivity index (χ1v) is 10.5. The van der Waals surface area contributed by atoms with E-state index in [4.69, 9.17) is 0 Å². The van der Waals surface area contributed by atoms with Gasteiger partial charge in [0.05, 0.1) is 0 Å². The van der Waals surface area contributed by atoms with Gasteiger partial charge in [-0.3, -0.25) is 29.4 Å². The van der Waals surface area contributed by atoms with Crippen molar-refractivity contribution >= 4 is 23.6 Å². The molecular formula is C21H27N5O4. The van der Waals surface area contributed by atoms with Crippen molar-refractivity contribution in [2.24, 2.45) is 0 Å². The summed E-state index contributed by atoms with van der Waals surface area (Å²) < 4.78 is 0. The van der Waals surface area contributed by atoms with E-state index < -0.39 is 11.9 Å². The molecule has 4 rings (SSSR count). The zero-order chi connectivity index (χ0) is 21.1. The van der Waals surface area contributed by atoms with Crippen LogP contribution in [0.1, 0.15) is 40.7 Å². The molecular weight excluding hydrogens is 386 g/mol. The lowest BCUT2D eigenvalue weighted by Crippen LogP contribution is -2.52. The minimum absolute atomic E-state index is 0.0488. The Morgan fingerprint density at radius 1 is 0.967 bits per heavy atom. The molecule has 1 aromatic rings. The van der Waals surface area contributed by atoms with Gasteiger partial charge >= 0.3 is 0 Å². The first kappa shape index (κ1) is 20.5. The first-order chi connectivity index (χ1) is 14.5. The number of carbonyl (C=O) groups excluding carboxylic acids is 4. The van der Waals surface area contributed by atoms with E-state index in [1.165, 1.54) is 0 Å². The van der Waals surface area contributed by atoms with Gasteiger partial charge in [0.1, 0.15) is 6.04 Å². The van der Waals surface area contributed by atoms with E-state index in [2.05, 4.69) is 20.9 Å². The Morgan fingerprint density at radius 2 is 1.83 bits per heavy atom. The van der Waals surface area contributed by atoms with Gasteiger partial charge in [-0.25, -0.2) is 0 Å². The second-order valence-corrected chi connectivity index (χ2v) is 8.02. The number of hydrogen-bond acceptors (Lipinski definition) is 6. The van der Waals surface area contributed by atoms with Crippen LogP contribution in [0.5, 0.6) is 0 Å². The fraction of sp³-hybridized carbons (Fsp3) is 0.524. The van der Waals surface area contributed by atoms with Gasteiger partial charge in [-0.2, -0.15) is 0 Å². The minimum Gasteiger partial charge on any atom is -0.355 e. The number of imide groups is 1. The Hall–Kier alpha value is -2.78. The molecule has 0 bridgehead atoms. The number of rotatable bonds is 3. The summed E-state index contributed by atoms with van der Waals surface area (Å²) in [5.74, 6) is -0.798. The monoisotopic (exact) mass is 413 g/mol. The lowest BCUT2D eigenvalue weighted by Gasteiger charge is -2.29. The molecule has 9 nitrogen and oxygen atoms in total. The van der Waals surface area contributed by atoms with Crippen molar-refractivity contribution in [2.75, 3.05) is 32.7 Å². The Kier molecular flexibility index (Phi) is 6.10. The van der Waals surface area contributed by atoms with Crippen LogP contribution in [0.2, 0.25) is 0 Å². The maximum Gasteiger partial charge on any atom is 0.255 e. The van der Waals surface area contributed by atoms with Crippen LogP contribution in [-0.2, 0) is 27.5 Å². The maximum absolute atomic E-state index is 13.0. The molecule has 1 unspecified atom stereocenters. The summed E-state index contributed by atoms with van der Waals surface area (Å²) in [7, 11) is 0. The highest BCUT2D eigenvalue weighted by molar-refractivity contribution is 6.05. The largest absolute Gasteiger partial charge is 0.355 e. The van der Waals surface area contributed by atoms with E-state index in [0.29, 0.717) is 44.6 Å². The average Bonchev–Trinajstić information content (AvgIpc) is 3.04. The van der Waals surface area contributed by atoms with Gasteiger partial charge in [-0.1, -0.05) is 12.1 Å². The molecule has 0 radical (unpaired) electrons. The summed E-state index contributed by atoms with van der Waals surface area (Å²) >= 11 is 0. The van der Waals surface area contributed by atoms with Crippen molar-refractivity contribution in [3.8, 4) is 0 Å². The van der Waals surface area contributed by atoms with Crippen LogP contribution in [0.15, 0.2) is 18.2 Å². The molecule has 0 spiro atoms. The van der Waals surface area contributed by atoms with Gasteiger partial charge in [0.25, 0.3) is 5.91 Å². The normalized spacial score (nSPS) is 23.7. The predicted octanol–water partition coefficient (Wildman–Crippen LogP) is -0.641. The van der Waals surface area contributed by atoms with Crippen molar-refractivity contribution < 1.29 is 19.2 Å². The van der Waals surface area contributed by atoms with Crippen LogP contribution in [-0.4, -0.2) is 72.2 Å². The highest BCUT2D eigenvalue weighted by Crippen LogP contribution is 2.28. The summed E-state index contributed by atoms with van der Waals surface area (Å²) in [5, 5.41) is 8.52. The van der Waals surface area contributed by atoms with Crippen molar-refractivity contribution in [1.82, 2.24) is 25.8 Å². The van der Waals surface area contributed by atoms with Crippen molar-refractivity contribution in [3.05, 3.63) is 34.9 Å². The van der Waals surface area contributed by atoms with Gasteiger partial charge < -0.3 is 15.5 Å². The molecule has 0 saturated carbocycles. The molecule has 1 atom stereocenters.